The molecule has 0 heterocycles. The van der Waals surface area contributed by atoms with Gasteiger partial charge in [-0.2, -0.15) is 0 Å². The fourth-order valence-electron chi connectivity index (χ4n) is 10.8. The fraction of sp³-hybridized carbons (Fsp3) is 0.720. The number of unbranched alkanes of at least 4 members (excludes halogenated alkanes) is 27. The van der Waals surface area contributed by atoms with E-state index in [1.54, 1.807) is 0 Å². The van der Waals surface area contributed by atoms with E-state index in [1.165, 1.54) is 154 Å². The van der Waals surface area contributed by atoms with Gasteiger partial charge in [-0.05, 0) is 89.7 Å². The monoisotopic (exact) mass is 1200 g/mol. The summed E-state index contributed by atoms with van der Waals surface area (Å²) in [4.78, 5) is 39.0. The van der Waals surface area contributed by atoms with Crippen LogP contribution >= 0.6 is 8.60 Å². The van der Waals surface area contributed by atoms with Crippen molar-refractivity contribution in [3.05, 3.63) is 88.0 Å². The molecule has 0 aliphatic heterocycles. The zero-order valence-electron chi connectivity index (χ0n) is 56.4. The summed E-state index contributed by atoms with van der Waals surface area (Å²) in [5.74, 6) is 1.42. The number of carbonyl (C=O) groups excluding carboxylic acids is 3. The Hall–Kier alpha value is -4.10. The lowest BCUT2D eigenvalue weighted by Gasteiger charge is -2.29. The topological polar surface area (TPSA) is 107 Å². The first kappa shape index (κ1) is 75.2. The summed E-state index contributed by atoms with van der Waals surface area (Å²) in [5, 5.41) is 0. The molecule has 3 aromatic carbocycles. The molecule has 482 valence electrons. The van der Waals surface area contributed by atoms with Crippen molar-refractivity contribution in [1.82, 2.24) is 0 Å². The zero-order valence-corrected chi connectivity index (χ0v) is 57.3. The van der Waals surface area contributed by atoms with Crippen LogP contribution in [0.1, 0.15) is 328 Å². The van der Waals surface area contributed by atoms with Crippen LogP contribution in [0.3, 0.4) is 0 Å². The molecular formula is C75H123O9P. The number of ether oxygens (including phenoxy) is 3. The minimum atomic E-state index is -2.14. The number of benzene rings is 3. The Morgan fingerprint density at radius 1 is 0.318 bits per heavy atom. The van der Waals surface area contributed by atoms with Crippen LogP contribution in [0.25, 0.3) is 0 Å². The Labute approximate surface area is 521 Å². The average Bonchev–Trinajstić information content (AvgIpc) is 2.23. The van der Waals surface area contributed by atoms with Crippen molar-refractivity contribution >= 4 is 26.5 Å². The van der Waals surface area contributed by atoms with Crippen LogP contribution in [0.4, 0.5) is 0 Å². The first-order valence-electron chi connectivity index (χ1n) is 34.5. The molecule has 0 amide bonds. The first-order chi connectivity index (χ1) is 40.7. The van der Waals surface area contributed by atoms with Gasteiger partial charge < -0.3 is 27.8 Å². The maximum Gasteiger partial charge on any atom is 0.530 e. The summed E-state index contributed by atoms with van der Waals surface area (Å²) in [7, 11) is -2.14. The molecule has 3 aromatic rings. The molecule has 10 heteroatoms. The molecule has 0 saturated carbocycles. The van der Waals surface area contributed by atoms with E-state index in [-0.39, 0.29) is 34.2 Å². The lowest BCUT2D eigenvalue weighted by atomic mass is 9.85. The van der Waals surface area contributed by atoms with E-state index in [9.17, 15) is 14.4 Å². The second-order valence-corrected chi connectivity index (χ2v) is 28.4. The van der Waals surface area contributed by atoms with Crippen molar-refractivity contribution in [3.8, 4) is 17.2 Å². The number of carbonyl (C=O) groups is 3. The maximum atomic E-state index is 13.0. The number of rotatable bonds is 48. The third-order valence-electron chi connectivity index (χ3n) is 16.2. The van der Waals surface area contributed by atoms with Gasteiger partial charge in [0.2, 0.25) is 0 Å². The molecule has 9 nitrogen and oxygen atoms in total. The van der Waals surface area contributed by atoms with Gasteiger partial charge >= 0.3 is 26.5 Å². The van der Waals surface area contributed by atoms with Crippen LogP contribution in [0.5, 0.6) is 17.2 Å². The lowest BCUT2D eigenvalue weighted by Crippen LogP contribution is -2.17. The Morgan fingerprint density at radius 3 is 0.741 bits per heavy atom. The Kier molecular flexibility index (Phi) is 38.5. The van der Waals surface area contributed by atoms with E-state index in [0.717, 1.165) is 71.9 Å². The van der Waals surface area contributed by atoms with Gasteiger partial charge in [-0.15, -0.1) is 0 Å². The SMILES string of the molecule is CCCCCCCCCCCCOC(=O)CCc1ccc(OP(Oc2ccc(CCC(=O)OCCCCCCCCCCCC)cc2C(C)(C)C)Oc2ccc(CCC(=O)OCCCCCCCCCCCC)cc2C(C)(C)C)c(C(C)(C)C)c1. The summed E-state index contributed by atoms with van der Waals surface area (Å²) in [6.07, 6.45) is 39.7. The molecule has 0 bridgehead atoms. The minimum Gasteiger partial charge on any atom is -0.466 e. The molecular weight excluding hydrogens is 1080 g/mol. The van der Waals surface area contributed by atoms with Crippen molar-refractivity contribution in [3.63, 3.8) is 0 Å². The summed E-state index contributed by atoms with van der Waals surface area (Å²) < 4.78 is 38.2. The summed E-state index contributed by atoms with van der Waals surface area (Å²) in [5.41, 5.74) is 5.01. The third-order valence-corrected chi connectivity index (χ3v) is 17.2. The van der Waals surface area contributed by atoms with E-state index in [0.29, 0.717) is 75.6 Å². The van der Waals surface area contributed by atoms with E-state index in [4.69, 9.17) is 27.8 Å². The van der Waals surface area contributed by atoms with Crippen LogP contribution in [-0.2, 0) is 64.1 Å². The van der Waals surface area contributed by atoms with Crippen LogP contribution in [-0.4, -0.2) is 37.7 Å². The third kappa shape index (κ3) is 34.3. The van der Waals surface area contributed by atoms with Gasteiger partial charge in [-0.3, -0.25) is 14.4 Å². The number of hydrogen-bond donors (Lipinski definition) is 0. The van der Waals surface area contributed by atoms with Gasteiger partial charge in [0.15, 0.2) is 0 Å². The van der Waals surface area contributed by atoms with Gasteiger partial charge in [-0.25, -0.2) is 0 Å². The molecule has 0 aliphatic carbocycles. The minimum absolute atomic E-state index is 0.167. The lowest BCUT2D eigenvalue weighted by molar-refractivity contribution is -0.144. The average molecular weight is 1200 g/mol. The quantitative estimate of drug-likeness (QED) is 0.0236. The van der Waals surface area contributed by atoms with Gasteiger partial charge in [0.05, 0.1) is 19.8 Å². The van der Waals surface area contributed by atoms with Crippen LogP contribution in [0.2, 0.25) is 0 Å². The number of esters is 3. The standard InChI is InChI=1S/C75H123O9P/c1-13-16-19-22-25-28-31-34-37-40-55-79-70(76)52-46-61-43-49-67(64(58-61)73(4,5)6)82-85(83-68-50-44-62(59-65(68)74(7,8)9)47-53-71(77)80-56-41-38-35-32-29-26-23-20-17-14-2)84-69-51-45-63(60-66(69)75(10,11)12)48-54-72(78)81-57-42-39-36-33-30-27-24-21-18-15-3/h43-45,49-51,58-60H,13-42,46-48,52-57H2,1-12H3. The largest absolute Gasteiger partial charge is 0.530 e. The van der Waals surface area contributed by atoms with E-state index >= 15 is 0 Å². The molecule has 0 unspecified atom stereocenters. The van der Waals surface area contributed by atoms with Crippen molar-refractivity contribution in [1.29, 1.82) is 0 Å². The van der Waals surface area contributed by atoms with E-state index < -0.39 is 8.60 Å². The predicted molar refractivity (Wildman–Crippen MR) is 358 cm³/mol. The summed E-state index contributed by atoms with van der Waals surface area (Å²) in [6.45, 7) is 27.7. The van der Waals surface area contributed by atoms with Crippen molar-refractivity contribution < 1.29 is 42.2 Å². The highest BCUT2D eigenvalue weighted by atomic mass is 31.2. The molecule has 0 fully saturated rings. The first-order valence-corrected chi connectivity index (χ1v) is 35.6. The van der Waals surface area contributed by atoms with E-state index in [2.05, 4.69) is 101 Å². The zero-order chi connectivity index (χ0) is 62.2. The Balaban J connectivity index is 1.79. The van der Waals surface area contributed by atoms with Gasteiger partial charge in [0.25, 0.3) is 0 Å². The highest BCUT2D eigenvalue weighted by Crippen LogP contribution is 2.49. The van der Waals surface area contributed by atoms with Gasteiger partial charge in [0, 0.05) is 36.0 Å². The van der Waals surface area contributed by atoms with Crippen LogP contribution < -0.4 is 13.6 Å². The van der Waals surface area contributed by atoms with Crippen molar-refractivity contribution in [2.24, 2.45) is 0 Å². The van der Waals surface area contributed by atoms with Crippen LogP contribution in [0, 0.1) is 0 Å². The van der Waals surface area contributed by atoms with Gasteiger partial charge in [-0.1, -0.05) is 293 Å². The molecule has 0 saturated heterocycles. The molecule has 0 aromatic heterocycles. The Bertz CT molecular complexity index is 2020. The van der Waals surface area contributed by atoms with E-state index in [1.807, 2.05) is 36.4 Å². The normalized spacial score (nSPS) is 12.0. The number of aryl methyl sites for hydroxylation is 3. The second kappa shape index (κ2) is 43.5. The predicted octanol–water partition coefficient (Wildman–Crippen LogP) is 22.5. The Morgan fingerprint density at radius 2 is 0.529 bits per heavy atom. The molecule has 0 atom stereocenters. The van der Waals surface area contributed by atoms with Gasteiger partial charge in [0.1, 0.15) is 17.2 Å². The molecule has 3 rings (SSSR count). The van der Waals surface area contributed by atoms with Crippen molar-refractivity contribution in [2.75, 3.05) is 19.8 Å². The smallest absolute Gasteiger partial charge is 0.466 e. The molecule has 85 heavy (non-hydrogen) atoms. The summed E-state index contributed by atoms with van der Waals surface area (Å²) >= 11 is 0. The molecule has 0 aliphatic rings. The second-order valence-electron chi connectivity index (χ2n) is 27.4. The summed E-state index contributed by atoms with van der Waals surface area (Å²) in [6, 6.07) is 18.5. The molecule has 0 N–H and O–H groups in total. The number of hydrogen-bond acceptors (Lipinski definition) is 9. The molecule has 0 spiro atoms. The maximum absolute atomic E-state index is 13.0. The fourth-order valence-corrected chi connectivity index (χ4v) is 11.8. The highest BCUT2D eigenvalue weighted by molar-refractivity contribution is 7.43. The highest BCUT2D eigenvalue weighted by Gasteiger charge is 2.31. The molecule has 0 radical (unpaired) electrons. The van der Waals surface area contributed by atoms with Crippen LogP contribution in [0.15, 0.2) is 54.6 Å². The van der Waals surface area contributed by atoms with Crippen molar-refractivity contribution in [2.45, 2.75) is 330 Å².